The van der Waals surface area contributed by atoms with Crippen LogP contribution in [-0.2, 0) is 6.42 Å². The van der Waals surface area contributed by atoms with Crippen molar-refractivity contribution in [2.75, 3.05) is 7.05 Å². The molecule has 0 bridgehead atoms. The lowest BCUT2D eigenvalue weighted by molar-refractivity contribution is -0.0498. The van der Waals surface area contributed by atoms with E-state index in [9.17, 15) is 13.6 Å². The van der Waals surface area contributed by atoms with Crippen LogP contribution in [0.25, 0.3) is 0 Å². The van der Waals surface area contributed by atoms with Crippen molar-refractivity contribution in [1.82, 2.24) is 10.2 Å². The molecule has 0 aromatic heterocycles. The van der Waals surface area contributed by atoms with E-state index in [1.165, 1.54) is 17.0 Å². The molecule has 1 aromatic carbocycles. The fourth-order valence-corrected chi connectivity index (χ4v) is 2.24. The molecule has 2 amide bonds. The molecule has 1 aliphatic rings. The molecule has 1 atom stereocenters. The second-order valence-electron chi connectivity index (χ2n) is 5.16. The van der Waals surface area contributed by atoms with Crippen LogP contribution in [0, 0.1) is 5.41 Å². The summed E-state index contributed by atoms with van der Waals surface area (Å²) >= 11 is 0. The maximum atomic E-state index is 12.1. The highest BCUT2D eigenvalue weighted by molar-refractivity contribution is 6.08. The number of carbonyl (C=O) groups excluding carboxylic acids is 1. The number of hydrogen-bond donors (Lipinski definition) is 2. The maximum Gasteiger partial charge on any atom is 0.387 e. The molecule has 0 radical (unpaired) electrons. The topological polar surface area (TPSA) is 65.4 Å². The van der Waals surface area contributed by atoms with Gasteiger partial charge in [-0.1, -0.05) is 12.1 Å². The van der Waals surface area contributed by atoms with Crippen LogP contribution < -0.4 is 10.1 Å². The molecule has 2 N–H and O–H groups in total. The molecule has 0 aliphatic carbocycles. The smallest absolute Gasteiger partial charge is 0.387 e. The Labute approximate surface area is 121 Å². The largest absolute Gasteiger partial charge is 0.435 e. The summed E-state index contributed by atoms with van der Waals surface area (Å²) in [5.41, 5.74) is 0.258. The summed E-state index contributed by atoms with van der Waals surface area (Å²) < 4.78 is 28.4. The summed E-state index contributed by atoms with van der Waals surface area (Å²) in [6.45, 7) is -1.01. The second kappa shape index (κ2) is 5.67. The first-order valence-corrected chi connectivity index (χ1v) is 6.50. The van der Waals surface area contributed by atoms with E-state index in [4.69, 9.17) is 5.41 Å². The number of likely N-dealkylation sites (N-methyl/N-ethyl adjacent to an activating group) is 1. The second-order valence-corrected chi connectivity index (χ2v) is 5.16. The van der Waals surface area contributed by atoms with E-state index in [1.54, 1.807) is 19.2 Å². The van der Waals surface area contributed by atoms with Gasteiger partial charge in [-0.15, -0.1) is 0 Å². The van der Waals surface area contributed by atoms with Crippen molar-refractivity contribution < 1.29 is 18.3 Å². The quantitative estimate of drug-likeness (QED) is 0.877. The van der Waals surface area contributed by atoms with Gasteiger partial charge in [0.2, 0.25) is 0 Å². The zero-order valence-electron chi connectivity index (χ0n) is 11.8. The molecule has 0 saturated carbocycles. The fraction of sp³-hybridized carbons (Fsp3) is 0.429. The number of amides is 2. The Balaban J connectivity index is 2.00. The molecule has 7 heteroatoms. The highest BCUT2D eigenvalue weighted by Crippen LogP contribution is 2.26. The van der Waals surface area contributed by atoms with Gasteiger partial charge in [-0.3, -0.25) is 10.7 Å². The van der Waals surface area contributed by atoms with E-state index in [0.717, 1.165) is 5.56 Å². The highest BCUT2D eigenvalue weighted by atomic mass is 19.3. The number of alkyl halides is 2. The van der Waals surface area contributed by atoms with Crippen LogP contribution in [0.2, 0.25) is 0 Å². The van der Waals surface area contributed by atoms with Crippen molar-refractivity contribution in [2.45, 2.75) is 31.9 Å². The van der Waals surface area contributed by atoms with E-state index in [0.29, 0.717) is 12.8 Å². The Bertz CT molecular complexity index is 548. The van der Waals surface area contributed by atoms with Crippen molar-refractivity contribution in [2.24, 2.45) is 0 Å². The van der Waals surface area contributed by atoms with Crippen molar-refractivity contribution >= 4 is 11.9 Å². The van der Waals surface area contributed by atoms with E-state index < -0.39 is 12.2 Å². The molecule has 1 saturated heterocycles. The SMILES string of the molecule is CN1C(=O)NC(=N)C1(C)CCc1ccc(OC(F)F)cc1. The van der Waals surface area contributed by atoms with Gasteiger partial charge in [0.25, 0.3) is 0 Å². The number of amidine groups is 1. The van der Waals surface area contributed by atoms with Gasteiger partial charge < -0.3 is 9.64 Å². The Hall–Kier alpha value is -2.18. The van der Waals surface area contributed by atoms with Crippen LogP contribution in [0.5, 0.6) is 5.75 Å². The third-order valence-electron chi connectivity index (χ3n) is 3.86. The highest BCUT2D eigenvalue weighted by Gasteiger charge is 2.43. The molecular weight excluding hydrogens is 280 g/mol. The molecule has 1 fully saturated rings. The summed E-state index contributed by atoms with van der Waals surface area (Å²) in [6, 6.07) is 6.08. The number of aryl methyl sites for hydroxylation is 1. The third-order valence-corrected chi connectivity index (χ3v) is 3.86. The number of benzene rings is 1. The minimum absolute atomic E-state index is 0.113. The molecule has 1 unspecified atom stereocenters. The molecule has 1 heterocycles. The molecule has 2 rings (SSSR count). The summed E-state index contributed by atoms with van der Waals surface area (Å²) in [7, 11) is 1.65. The van der Waals surface area contributed by atoms with Crippen LogP contribution >= 0.6 is 0 Å². The van der Waals surface area contributed by atoms with Crippen LogP contribution in [0.1, 0.15) is 18.9 Å². The summed E-state index contributed by atoms with van der Waals surface area (Å²) in [5, 5.41) is 10.4. The first kappa shape index (κ1) is 15.2. The molecule has 21 heavy (non-hydrogen) atoms. The average Bonchev–Trinajstić information content (AvgIpc) is 2.62. The van der Waals surface area contributed by atoms with Gasteiger partial charge in [0.1, 0.15) is 11.6 Å². The lowest BCUT2D eigenvalue weighted by Gasteiger charge is -2.30. The number of nitrogens with zero attached hydrogens (tertiary/aromatic N) is 1. The Morgan fingerprint density at radius 2 is 2.00 bits per heavy atom. The summed E-state index contributed by atoms with van der Waals surface area (Å²) in [4.78, 5) is 13.0. The number of ether oxygens (including phenoxy) is 1. The van der Waals surface area contributed by atoms with Gasteiger partial charge in [0.15, 0.2) is 0 Å². The minimum Gasteiger partial charge on any atom is -0.435 e. The first-order chi connectivity index (χ1) is 9.83. The lowest BCUT2D eigenvalue weighted by atomic mass is 9.92. The predicted molar refractivity (Wildman–Crippen MR) is 73.8 cm³/mol. The third kappa shape index (κ3) is 3.12. The zero-order valence-corrected chi connectivity index (χ0v) is 11.8. The first-order valence-electron chi connectivity index (χ1n) is 6.50. The number of rotatable bonds is 5. The van der Waals surface area contributed by atoms with E-state index in [-0.39, 0.29) is 17.6 Å². The molecule has 1 aromatic rings. The predicted octanol–water partition coefficient (Wildman–Crippen LogP) is 2.61. The Morgan fingerprint density at radius 3 is 2.48 bits per heavy atom. The zero-order chi connectivity index (χ0) is 15.6. The van der Waals surface area contributed by atoms with Crippen molar-refractivity contribution in [3.63, 3.8) is 0 Å². The standard InChI is InChI=1S/C14H17F2N3O2/c1-14(11(17)18-13(20)19(14)2)8-7-9-3-5-10(6-4-9)21-12(15)16/h3-6,12H,7-8H2,1-2H3,(H2,17,18,20). The monoisotopic (exact) mass is 297 g/mol. The molecule has 0 spiro atoms. The van der Waals surface area contributed by atoms with E-state index in [2.05, 4.69) is 10.1 Å². The van der Waals surface area contributed by atoms with Gasteiger partial charge in [-0.05, 0) is 37.5 Å². The van der Waals surface area contributed by atoms with Crippen molar-refractivity contribution in [3.05, 3.63) is 29.8 Å². The van der Waals surface area contributed by atoms with Gasteiger partial charge in [-0.2, -0.15) is 8.78 Å². The lowest BCUT2D eigenvalue weighted by Crippen LogP contribution is -2.44. The molecular formula is C14H17F2N3O2. The van der Waals surface area contributed by atoms with E-state index in [1.807, 2.05) is 6.92 Å². The van der Waals surface area contributed by atoms with Crippen LogP contribution in [0.3, 0.4) is 0 Å². The van der Waals surface area contributed by atoms with Crippen LogP contribution in [-0.4, -0.2) is 36.0 Å². The van der Waals surface area contributed by atoms with Gasteiger partial charge in [0.05, 0.1) is 5.54 Å². The van der Waals surface area contributed by atoms with Gasteiger partial charge in [0, 0.05) is 7.05 Å². The Morgan fingerprint density at radius 1 is 1.38 bits per heavy atom. The van der Waals surface area contributed by atoms with E-state index >= 15 is 0 Å². The maximum absolute atomic E-state index is 12.1. The number of halogens is 2. The number of nitrogens with one attached hydrogen (secondary N) is 2. The number of carbonyl (C=O) groups is 1. The fourth-order valence-electron chi connectivity index (χ4n) is 2.24. The number of urea groups is 1. The van der Waals surface area contributed by atoms with Crippen molar-refractivity contribution in [1.29, 1.82) is 5.41 Å². The Kier molecular flexibility index (Phi) is 4.11. The van der Waals surface area contributed by atoms with Crippen LogP contribution in [0.4, 0.5) is 13.6 Å². The van der Waals surface area contributed by atoms with Gasteiger partial charge >= 0.3 is 12.6 Å². The normalized spacial score (nSPS) is 21.9. The number of hydrogen-bond acceptors (Lipinski definition) is 3. The average molecular weight is 297 g/mol. The minimum atomic E-state index is -2.83. The summed E-state index contributed by atoms with van der Waals surface area (Å²) in [5.74, 6) is 0.287. The van der Waals surface area contributed by atoms with Crippen LogP contribution in [0.15, 0.2) is 24.3 Å². The molecule has 1 aliphatic heterocycles. The van der Waals surface area contributed by atoms with Gasteiger partial charge in [-0.25, -0.2) is 4.79 Å². The molecule has 5 nitrogen and oxygen atoms in total. The summed E-state index contributed by atoms with van der Waals surface area (Å²) in [6.07, 6.45) is 1.18. The van der Waals surface area contributed by atoms with Crippen molar-refractivity contribution in [3.8, 4) is 5.75 Å². The molecule has 114 valence electrons.